The van der Waals surface area contributed by atoms with Crippen LogP contribution in [0.3, 0.4) is 0 Å². The highest BCUT2D eigenvalue weighted by molar-refractivity contribution is 6.29. The Morgan fingerprint density at radius 2 is 1.90 bits per heavy atom. The van der Waals surface area contributed by atoms with Crippen LogP contribution < -0.4 is 4.74 Å². The number of halogens is 1. The third-order valence-corrected chi connectivity index (χ3v) is 3.34. The van der Waals surface area contributed by atoms with Gasteiger partial charge >= 0.3 is 0 Å². The lowest BCUT2D eigenvalue weighted by Gasteiger charge is -2.23. The molecular weight excluding hydrogens is 270 g/mol. The van der Waals surface area contributed by atoms with Crippen LogP contribution in [-0.2, 0) is 12.0 Å². The van der Waals surface area contributed by atoms with Gasteiger partial charge in [0.15, 0.2) is 0 Å². The third-order valence-electron chi connectivity index (χ3n) is 3.13. The lowest BCUT2D eigenvalue weighted by atomic mass is 9.85. The van der Waals surface area contributed by atoms with E-state index in [0.717, 1.165) is 11.3 Å². The monoisotopic (exact) mass is 289 g/mol. The van der Waals surface area contributed by atoms with Crippen LogP contribution in [0.2, 0.25) is 5.15 Å². The van der Waals surface area contributed by atoms with Gasteiger partial charge in [-0.1, -0.05) is 50.1 Å². The number of benzene rings is 1. The predicted octanol–water partition coefficient (Wildman–Crippen LogP) is 4.92. The maximum Gasteiger partial charge on any atom is 0.129 e. The second-order valence-electron chi connectivity index (χ2n) is 6.03. The Labute approximate surface area is 125 Å². The van der Waals surface area contributed by atoms with E-state index in [1.165, 1.54) is 11.1 Å². The van der Waals surface area contributed by atoms with Gasteiger partial charge in [-0.2, -0.15) is 0 Å². The van der Waals surface area contributed by atoms with E-state index >= 15 is 0 Å². The highest BCUT2D eigenvalue weighted by atomic mass is 35.5. The zero-order valence-electron chi connectivity index (χ0n) is 12.4. The molecule has 0 amide bonds. The van der Waals surface area contributed by atoms with E-state index in [0.29, 0.717) is 11.8 Å². The topological polar surface area (TPSA) is 22.1 Å². The summed E-state index contributed by atoms with van der Waals surface area (Å²) in [6, 6.07) is 10.0. The first-order chi connectivity index (χ1) is 9.36. The van der Waals surface area contributed by atoms with Crippen LogP contribution in [0.25, 0.3) is 0 Å². The molecule has 0 saturated carbocycles. The average Bonchev–Trinajstić information content (AvgIpc) is 2.36. The van der Waals surface area contributed by atoms with Crippen molar-refractivity contribution in [3.8, 4) is 5.75 Å². The van der Waals surface area contributed by atoms with E-state index < -0.39 is 0 Å². The zero-order valence-corrected chi connectivity index (χ0v) is 13.2. The molecule has 2 nitrogen and oxygen atoms in total. The molecule has 0 radical (unpaired) electrons. The minimum Gasteiger partial charge on any atom is -0.489 e. The normalized spacial score (nSPS) is 11.4. The van der Waals surface area contributed by atoms with Gasteiger partial charge in [-0.3, -0.25) is 0 Å². The number of pyridine rings is 1. The summed E-state index contributed by atoms with van der Waals surface area (Å²) < 4.78 is 5.97. The van der Waals surface area contributed by atoms with Crippen molar-refractivity contribution in [2.45, 2.75) is 39.7 Å². The Balaban J connectivity index is 2.21. The van der Waals surface area contributed by atoms with E-state index in [1.54, 1.807) is 6.20 Å². The summed E-state index contributed by atoms with van der Waals surface area (Å²) >= 11 is 5.88. The maximum absolute atomic E-state index is 5.97. The van der Waals surface area contributed by atoms with Crippen LogP contribution in [0.5, 0.6) is 5.75 Å². The first kappa shape index (κ1) is 14.9. The second kappa shape index (κ2) is 5.84. The highest BCUT2D eigenvalue weighted by Gasteiger charge is 2.19. The Bertz CT molecular complexity index is 602. The molecular formula is C17H20ClNO. The Hall–Kier alpha value is -1.54. The molecule has 0 atom stereocenters. The number of ether oxygens (including phenoxy) is 1. The quantitative estimate of drug-likeness (QED) is 0.748. The largest absolute Gasteiger partial charge is 0.489 e. The first-order valence-electron chi connectivity index (χ1n) is 6.70. The molecule has 0 aliphatic carbocycles. The average molecular weight is 290 g/mol. The van der Waals surface area contributed by atoms with Crippen LogP contribution in [-0.4, -0.2) is 4.98 Å². The summed E-state index contributed by atoms with van der Waals surface area (Å²) in [5.74, 6) is 0.927. The molecule has 0 aliphatic rings. The predicted molar refractivity (Wildman–Crippen MR) is 83.5 cm³/mol. The first-order valence-corrected chi connectivity index (χ1v) is 7.08. The van der Waals surface area contributed by atoms with Gasteiger partial charge < -0.3 is 4.74 Å². The molecule has 0 unspecified atom stereocenters. The van der Waals surface area contributed by atoms with Crippen LogP contribution in [0.4, 0.5) is 0 Å². The molecule has 0 aliphatic heterocycles. The molecule has 0 bridgehead atoms. The van der Waals surface area contributed by atoms with Gasteiger partial charge in [-0.25, -0.2) is 4.98 Å². The molecule has 2 rings (SSSR count). The van der Waals surface area contributed by atoms with Gasteiger partial charge in [0.1, 0.15) is 17.5 Å². The molecule has 20 heavy (non-hydrogen) atoms. The molecule has 0 N–H and O–H groups in total. The van der Waals surface area contributed by atoms with Gasteiger partial charge in [-0.05, 0) is 41.7 Å². The van der Waals surface area contributed by atoms with Crippen molar-refractivity contribution >= 4 is 11.6 Å². The fraction of sp³-hybridized carbons (Fsp3) is 0.353. The lowest BCUT2D eigenvalue weighted by molar-refractivity contribution is 0.297. The van der Waals surface area contributed by atoms with Crippen molar-refractivity contribution in [3.05, 3.63) is 58.4 Å². The van der Waals surface area contributed by atoms with Crippen molar-refractivity contribution in [1.29, 1.82) is 0 Å². The fourth-order valence-electron chi connectivity index (χ4n) is 2.05. The van der Waals surface area contributed by atoms with Crippen molar-refractivity contribution in [2.24, 2.45) is 0 Å². The fourth-order valence-corrected chi connectivity index (χ4v) is 2.25. The highest BCUT2D eigenvalue weighted by Crippen LogP contribution is 2.32. The minimum absolute atomic E-state index is 0.0528. The van der Waals surface area contributed by atoms with Crippen molar-refractivity contribution in [3.63, 3.8) is 0 Å². The molecule has 106 valence electrons. The summed E-state index contributed by atoms with van der Waals surface area (Å²) in [5.41, 5.74) is 3.54. The van der Waals surface area contributed by atoms with E-state index in [9.17, 15) is 0 Å². The number of hydrogen-bond acceptors (Lipinski definition) is 2. The smallest absolute Gasteiger partial charge is 0.129 e. The van der Waals surface area contributed by atoms with Gasteiger partial charge in [0.2, 0.25) is 0 Å². The number of nitrogens with zero attached hydrogens (tertiary/aromatic N) is 1. The Morgan fingerprint density at radius 1 is 1.15 bits per heavy atom. The minimum atomic E-state index is 0.0528. The van der Waals surface area contributed by atoms with Gasteiger partial charge in [-0.15, -0.1) is 0 Å². The van der Waals surface area contributed by atoms with Gasteiger partial charge in [0.25, 0.3) is 0 Å². The lowest BCUT2D eigenvalue weighted by Crippen LogP contribution is -2.13. The summed E-state index contributed by atoms with van der Waals surface area (Å²) in [7, 11) is 0. The molecule has 2 aromatic rings. The van der Waals surface area contributed by atoms with Crippen LogP contribution in [0.15, 0.2) is 36.5 Å². The van der Waals surface area contributed by atoms with Gasteiger partial charge in [0, 0.05) is 6.20 Å². The molecule has 1 aromatic carbocycles. The van der Waals surface area contributed by atoms with Crippen LogP contribution >= 0.6 is 11.6 Å². The maximum atomic E-state index is 5.97. The summed E-state index contributed by atoms with van der Waals surface area (Å²) in [6.07, 6.45) is 1.70. The van der Waals surface area contributed by atoms with Crippen LogP contribution in [0.1, 0.15) is 37.5 Å². The Morgan fingerprint density at radius 3 is 2.55 bits per heavy atom. The van der Waals surface area contributed by atoms with E-state index in [-0.39, 0.29) is 5.41 Å². The molecule has 0 saturated heterocycles. The molecule has 0 fully saturated rings. The van der Waals surface area contributed by atoms with E-state index in [4.69, 9.17) is 16.3 Å². The van der Waals surface area contributed by atoms with Crippen molar-refractivity contribution in [1.82, 2.24) is 4.98 Å². The summed E-state index contributed by atoms with van der Waals surface area (Å²) in [4.78, 5) is 3.97. The third kappa shape index (κ3) is 3.73. The SMILES string of the molecule is Cc1ccc(OCc2ccnc(Cl)c2)c(C(C)(C)C)c1. The standard InChI is InChI=1S/C17H20ClNO/c1-12-5-6-15(14(9-12)17(2,3)4)20-11-13-7-8-19-16(18)10-13/h5-10H,11H2,1-4H3. The Kier molecular flexibility index (Phi) is 4.34. The number of aromatic nitrogens is 1. The van der Waals surface area contributed by atoms with E-state index in [1.807, 2.05) is 18.2 Å². The molecule has 1 heterocycles. The van der Waals surface area contributed by atoms with E-state index in [2.05, 4.69) is 44.8 Å². The number of rotatable bonds is 3. The molecule has 0 spiro atoms. The van der Waals surface area contributed by atoms with Crippen molar-refractivity contribution < 1.29 is 4.74 Å². The molecule has 3 heteroatoms. The number of aryl methyl sites for hydroxylation is 1. The zero-order chi connectivity index (χ0) is 14.8. The molecule has 1 aromatic heterocycles. The summed E-state index contributed by atoms with van der Waals surface area (Å²) in [6.45, 7) is 9.17. The second-order valence-corrected chi connectivity index (χ2v) is 6.41. The number of hydrogen-bond donors (Lipinski definition) is 0. The summed E-state index contributed by atoms with van der Waals surface area (Å²) in [5, 5.41) is 0.492. The van der Waals surface area contributed by atoms with Gasteiger partial charge in [0.05, 0.1) is 0 Å². The van der Waals surface area contributed by atoms with Crippen molar-refractivity contribution in [2.75, 3.05) is 0 Å². The van der Waals surface area contributed by atoms with Crippen LogP contribution in [0, 0.1) is 6.92 Å².